The van der Waals surface area contributed by atoms with E-state index in [-0.39, 0.29) is 37.2 Å². The Morgan fingerprint density at radius 3 is 2.30 bits per heavy atom. The summed E-state index contributed by atoms with van der Waals surface area (Å²) in [4.78, 5) is 6.00. The van der Waals surface area contributed by atoms with Gasteiger partial charge in [0.2, 0.25) is 0 Å². The van der Waals surface area contributed by atoms with Crippen molar-refractivity contribution in [1.29, 1.82) is 0 Å². The van der Waals surface area contributed by atoms with Crippen LogP contribution >= 0.6 is 11.3 Å². The molecule has 27 heavy (non-hydrogen) atoms. The predicted molar refractivity (Wildman–Crippen MR) is 89.6 cm³/mol. The third kappa shape index (κ3) is 4.37. The molecule has 148 valence electrons. The quantitative estimate of drug-likeness (QED) is 0.726. The van der Waals surface area contributed by atoms with Crippen LogP contribution in [0.3, 0.4) is 0 Å². The number of aromatic nitrogens is 1. The SMILES string of the molecule is OC(C1CCN(c2nc(-c3ccccc3C(F)(F)F)cs2)CC1)C(F)(F)F. The number of aliphatic hydroxyl groups is 1. The molecule has 0 bridgehead atoms. The van der Waals surface area contributed by atoms with Crippen LogP contribution < -0.4 is 4.90 Å². The highest BCUT2D eigenvalue weighted by atomic mass is 32.1. The zero-order valence-electron chi connectivity index (χ0n) is 13.9. The number of hydrogen-bond donors (Lipinski definition) is 1. The molecular formula is C17H16F6N2OS. The van der Waals surface area contributed by atoms with Gasteiger partial charge in [-0.1, -0.05) is 18.2 Å². The average molecular weight is 410 g/mol. The number of aliphatic hydroxyl groups excluding tert-OH is 1. The Morgan fingerprint density at radius 1 is 1.07 bits per heavy atom. The number of anilines is 1. The van der Waals surface area contributed by atoms with Gasteiger partial charge >= 0.3 is 12.4 Å². The molecule has 1 fully saturated rings. The summed E-state index contributed by atoms with van der Waals surface area (Å²) in [6.07, 6.45) is -11.2. The maximum atomic E-state index is 13.2. The van der Waals surface area contributed by atoms with Crippen LogP contribution in [0.1, 0.15) is 18.4 Å². The van der Waals surface area contributed by atoms with Crippen LogP contribution in [0.25, 0.3) is 11.3 Å². The van der Waals surface area contributed by atoms with Crippen molar-refractivity contribution in [3.05, 3.63) is 35.2 Å². The molecular weight excluding hydrogens is 394 g/mol. The number of rotatable bonds is 3. The minimum absolute atomic E-state index is 0.0325. The van der Waals surface area contributed by atoms with Gasteiger partial charge in [-0.3, -0.25) is 0 Å². The lowest BCUT2D eigenvalue weighted by atomic mass is 9.91. The van der Waals surface area contributed by atoms with Gasteiger partial charge in [0.15, 0.2) is 11.2 Å². The van der Waals surface area contributed by atoms with E-state index in [2.05, 4.69) is 4.98 Å². The minimum Gasteiger partial charge on any atom is -0.383 e. The molecule has 1 aromatic carbocycles. The van der Waals surface area contributed by atoms with E-state index in [1.165, 1.54) is 23.6 Å². The van der Waals surface area contributed by atoms with Crippen molar-refractivity contribution in [2.75, 3.05) is 18.0 Å². The van der Waals surface area contributed by atoms with Crippen molar-refractivity contribution in [3.8, 4) is 11.3 Å². The normalized spacial score (nSPS) is 18.0. The third-order valence-corrected chi connectivity index (χ3v) is 5.49. The van der Waals surface area contributed by atoms with Gasteiger partial charge in [-0.15, -0.1) is 11.3 Å². The number of thiazole rings is 1. The van der Waals surface area contributed by atoms with E-state index in [1.807, 2.05) is 0 Å². The standard InChI is InChI=1S/C17H16F6N2OS/c18-16(19,20)12-4-2-1-3-11(12)13-9-27-15(24-13)25-7-5-10(6-8-25)14(26)17(21,22)23/h1-4,9-10,14,26H,5-8H2. The lowest BCUT2D eigenvalue weighted by Crippen LogP contribution is -2.43. The van der Waals surface area contributed by atoms with Crippen molar-refractivity contribution < 1.29 is 31.4 Å². The summed E-state index contributed by atoms with van der Waals surface area (Å²) in [6, 6.07) is 5.12. The first-order valence-electron chi connectivity index (χ1n) is 8.19. The van der Waals surface area contributed by atoms with E-state index < -0.39 is 29.9 Å². The van der Waals surface area contributed by atoms with Gasteiger partial charge in [-0.05, 0) is 24.8 Å². The molecule has 0 saturated carbocycles. The fraction of sp³-hybridized carbons (Fsp3) is 0.471. The molecule has 1 N–H and O–H groups in total. The van der Waals surface area contributed by atoms with Crippen molar-refractivity contribution in [2.24, 2.45) is 5.92 Å². The Labute approximate surface area is 155 Å². The molecule has 10 heteroatoms. The Kier molecular flexibility index (Phi) is 5.40. The summed E-state index contributed by atoms with van der Waals surface area (Å²) in [5.74, 6) is -0.883. The monoisotopic (exact) mass is 410 g/mol. The second kappa shape index (κ2) is 7.31. The molecule has 0 aliphatic carbocycles. The first kappa shape index (κ1) is 19.9. The van der Waals surface area contributed by atoms with Crippen LogP contribution in [0.5, 0.6) is 0 Å². The molecule has 2 aromatic rings. The molecule has 0 amide bonds. The summed E-state index contributed by atoms with van der Waals surface area (Å²) >= 11 is 1.15. The van der Waals surface area contributed by atoms with Crippen LogP contribution in [0, 0.1) is 5.92 Å². The summed E-state index contributed by atoms with van der Waals surface area (Å²) in [5.41, 5.74) is -0.635. The number of halogens is 6. The molecule has 1 aliphatic rings. The van der Waals surface area contributed by atoms with E-state index in [9.17, 15) is 31.4 Å². The predicted octanol–water partition coefficient (Wildman–Crippen LogP) is 4.97. The van der Waals surface area contributed by atoms with Crippen molar-refractivity contribution in [1.82, 2.24) is 4.98 Å². The summed E-state index contributed by atoms with van der Waals surface area (Å²) < 4.78 is 77.3. The molecule has 1 aliphatic heterocycles. The lowest BCUT2D eigenvalue weighted by Gasteiger charge is -2.34. The number of alkyl halides is 6. The highest BCUT2D eigenvalue weighted by Gasteiger charge is 2.44. The van der Waals surface area contributed by atoms with Crippen molar-refractivity contribution in [2.45, 2.75) is 31.3 Å². The van der Waals surface area contributed by atoms with Gasteiger partial charge in [0.05, 0.1) is 11.3 Å². The fourth-order valence-electron chi connectivity index (χ4n) is 3.16. The molecule has 0 spiro atoms. The first-order valence-corrected chi connectivity index (χ1v) is 9.07. The van der Waals surface area contributed by atoms with E-state index in [0.29, 0.717) is 5.13 Å². The van der Waals surface area contributed by atoms with E-state index >= 15 is 0 Å². The van der Waals surface area contributed by atoms with Gasteiger partial charge < -0.3 is 10.0 Å². The second-order valence-corrected chi connectivity index (χ2v) is 7.21. The minimum atomic E-state index is -4.65. The van der Waals surface area contributed by atoms with Gasteiger partial charge in [-0.2, -0.15) is 26.3 Å². The van der Waals surface area contributed by atoms with Crippen LogP contribution in [0.4, 0.5) is 31.5 Å². The Morgan fingerprint density at radius 2 is 1.70 bits per heavy atom. The maximum Gasteiger partial charge on any atom is 0.417 e. The van der Waals surface area contributed by atoms with Gasteiger partial charge in [-0.25, -0.2) is 4.98 Å². The highest BCUT2D eigenvalue weighted by molar-refractivity contribution is 7.14. The summed E-state index contributed by atoms with van der Waals surface area (Å²) in [6.45, 7) is 0.511. The molecule has 3 nitrogen and oxygen atoms in total. The van der Waals surface area contributed by atoms with Gasteiger partial charge in [0, 0.05) is 24.0 Å². The number of benzene rings is 1. The summed E-state index contributed by atoms with van der Waals surface area (Å²) in [7, 11) is 0. The van der Waals surface area contributed by atoms with Crippen molar-refractivity contribution >= 4 is 16.5 Å². The number of piperidine rings is 1. The molecule has 1 saturated heterocycles. The highest BCUT2D eigenvalue weighted by Crippen LogP contribution is 2.39. The lowest BCUT2D eigenvalue weighted by molar-refractivity contribution is -0.221. The zero-order chi connectivity index (χ0) is 19.8. The van der Waals surface area contributed by atoms with Crippen LogP contribution in [0.2, 0.25) is 0 Å². The smallest absolute Gasteiger partial charge is 0.383 e. The van der Waals surface area contributed by atoms with E-state index in [4.69, 9.17) is 0 Å². The van der Waals surface area contributed by atoms with Crippen LogP contribution in [-0.4, -0.2) is 35.5 Å². The topological polar surface area (TPSA) is 36.4 Å². The second-order valence-electron chi connectivity index (χ2n) is 6.37. The maximum absolute atomic E-state index is 13.2. The largest absolute Gasteiger partial charge is 0.417 e. The van der Waals surface area contributed by atoms with E-state index in [0.717, 1.165) is 17.4 Å². The molecule has 0 radical (unpaired) electrons. The number of nitrogens with zero attached hydrogens (tertiary/aromatic N) is 2. The molecule has 3 rings (SSSR count). The van der Waals surface area contributed by atoms with Gasteiger partial charge in [0.25, 0.3) is 0 Å². The fourth-order valence-corrected chi connectivity index (χ4v) is 4.04. The van der Waals surface area contributed by atoms with E-state index in [1.54, 1.807) is 4.90 Å². The van der Waals surface area contributed by atoms with Gasteiger partial charge in [0.1, 0.15) is 0 Å². The molecule has 1 unspecified atom stereocenters. The summed E-state index contributed by atoms with van der Waals surface area (Å²) in [5, 5.41) is 11.3. The average Bonchev–Trinajstić information content (AvgIpc) is 3.10. The Bertz CT molecular complexity index is 780. The van der Waals surface area contributed by atoms with Crippen LogP contribution in [-0.2, 0) is 6.18 Å². The number of hydrogen-bond acceptors (Lipinski definition) is 4. The van der Waals surface area contributed by atoms with Crippen molar-refractivity contribution in [3.63, 3.8) is 0 Å². The third-order valence-electron chi connectivity index (χ3n) is 4.59. The van der Waals surface area contributed by atoms with Crippen LogP contribution in [0.15, 0.2) is 29.6 Å². The zero-order valence-corrected chi connectivity index (χ0v) is 14.7. The Hall–Kier alpha value is -1.81. The molecule has 1 aromatic heterocycles. The molecule has 1 atom stereocenters. The molecule has 2 heterocycles. The Balaban J connectivity index is 1.73. The first-order chi connectivity index (χ1) is 12.6.